The predicted molar refractivity (Wildman–Crippen MR) is 82.0 cm³/mol. The second-order valence-corrected chi connectivity index (χ2v) is 5.58. The van der Waals surface area contributed by atoms with Gasteiger partial charge < -0.3 is 15.3 Å². The minimum absolute atomic E-state index is 0.105. The summed E-state index contributed by atoms with van der Waals surface area (Å²) in [6.07, 6.45) is 5.55. The third-order valence-corrected chi connectivity index (χ3v) is 4.03. The lowest BCUT2D eigenvalue weighted by Crippen LogP contribution is -2.21. The molecule has 1 aromatic rings. The zero-order chi connectivity index (χ0) is 14.4. The van der Waals surface area contributed by atoms with Gasteiger partial charge in [-0.15, -0.1) is 0 Å². The van der Waals surface area contributed by atoms with E-state index in [1.807, 2.05) is 36.2 Å². The van der Waals surface area contributed by atoms with Crippen LogP contribution in [0, 0.1) is 5.92 Å². The van der Waals surface area contributed by atoms with Crippen molar-refractivity contribution in [2.24, 2.45) is 5.92 Å². The standard InChI is InChI=1S/C16H24N2O2/c1-18(11-12-19)15-8-6-14(7-9-15)17-16(20)10-5-13-3-2-4-13/h6-9,13,19H,2-5,10-12H2,1H3,(H,17,20). The van der Waals surface area contributed by atoms with Crippen LogP contribution in [0.3, 0.4) is 0 Å². The summed E-state index contributed by atoms with van der Waals surface area (Å²) in [5.74, 6) is 0.878. The molecule has 0 saturated heterocycles. The third-order valence-electron chi connectivity index (χ3n) is 4.03. The number of nitrogens with one attached hydrogen (secondary N) is 1. The summed E-state index contributed by atoms with van der Waals surface area (Å²) in [4.78, 5) is 13.8. The molecule has 2 rings (SSSR count). The van der Waals surface area contributed by atoms with E-state index in [1.165, 1.54) is 19.3 Å². The SMILES string of the molecule is CN(CCO)c1ccc(NC(=O)CCC2CCC2)cc1. The molecule has 1 fully saturated rings. The molecule has 110 valence electrons. The van der Waals surface area contributed by atoms with Crippen molar-refractivity contribution in [3.8, 4) is 0 Å². The van der Waals surface area contributed by atoms with Gasteiger partial charge in [-0.2, -0.15) is 0 Å². The highest BCUT2D eigenvalue weighted by atomic mass is 16.3. The maximum Gasteiger partial charge on any atom is 0.224 e. The Kier molecular flexibility index (Phi) is 5.41. The molecular weight excluding hydrogens is 252 g/mol. The highest BCUT2D eigenvalue weighted by Gasteiger charge is 2.18. The molecule has 0 radical (unpaired) electrons. The van der Waals surface area contributed by atoms with Gasteiger partial charge >= 0.3 is 0 Å². The Balaban J connectivity index is 1.78. The number of aliphatic hydroxyl groups is 1. The Bertz CT molecular complexity index is 427. The summed E-state index contributed by atoms with van der Waals surface area (Å²) < 4.78 is 0. The summed E-state index contributed by atoms with van der Waals surface area (Å²) in [5, 5.41) is 11.8. The smallest absolute Gasteiger partial charge is 0.224 e. The summed E-state index contributed by atoms with van der Waals surface area (Å²) in [6.45, 7) is 0.739. The predicted octanol–water partition coefficient (Wildman–Crippen LogP) is 2.63. The number of likely N-dealkylation sites (N-methyl/N-ethyl adjacent to an activating group) is 1. The van der Waals surface area contributed by atoms with Crippen LogP contribution in [0.15, 0.2) is 24.3 Å². The normalized spacial score (nSPS) is 14.7. The van der Waals surface area contributed by atoms with E-state index in [9.17, 15) is 4.79 Å². The lowest BCUT2D eigenvalue weighted by Gasteiger charge is -2.24. The molecule has 0 unspecified atom stereocenters. The van der Waals surface area contributed by atoms with E-state index in [4.69, 9.17) is 5.11 Å². The Morgan fingerprint density at radius 2 is 2.05 bits per heavy atom. The van der Waals surface area contributed by atoms with Gasteiger partial charge in [0.15, 0.2) is 0 Å². The quantitative estimate of drug-likeness (QED) is 0.805. The first-order valence-electron chi connectivity index (χ1n) is 7.41. The van der Waals surface area contributed by atoms with E-state index in [-0.39, 0.29) is 12.5 Å². The Morgan fingerprint density at radius 1 is 1.35 bits per heavy atom. The fourth-order valence-corrected chi connectivity index (χ4v) is 2.42. The third kappa shape index (κ3) is 4.23. The highest BCUT2D eigenvalue weighted by Crippen LogP contribution is 2.30. The molecule has 0 atom stereocenters. The van der Waals surface area contributed by atoms with Crippen molar-refractivity contribution < 1.29 is 9.90 Å². The molecule has 1 saturated carbocycles. The van der Waals surface area contributed by atoms with Gasteiger partial charge in [0.1, 0.15) is 0 Å². The summed E-state index contributed by atoms with van der Waals surface area (Å²) in [5.41, 5.74) is 1.87. The second kappa shape index (κ2) is 7.29. The molecule has 0 spiro atoms. The molecule has 1 amide bonds. The summed E-state index contributed by atoms with van der Waals surface area (Å²) in [6, 6.07) is 7.73. The van der Waals surface area contributed by atoms with Crippen LogP contribution in [0.25, 0.3) is 0 Å². The van der Waals surface area contributed by atoms with Gasteiger partial charge in [0.2, 0.25) is 5.91 Å². The monoisotopic (exact) mass is 276 g/mol. The van der Waals surface area contributed by atoms with Crippen molar-refractivity contribution in [2.45, 2.75) is 32.1 Å². The van der Waals surface area contributed by atoms with Gasteiger partial charge in [-0.05, 0) is 36.6 Å². The van der Waals surface area contributed by atoms with Gasteiger partial charge in [-0.25, -0.2) is 0 Å². The highest BCUT2D eigenvalue weighted by molar-refractivity contribution is 5.90. The molecule has 0 heterocycles. The summed E-state index contributed by atoms with van der Waals surface area (Å²) in [7, 11) is 1.93. The maximum absolute atomic E-state index is 11.8. The molecule has 2 N–H and O–H groups in total. The van der Waals surface area contributed by atoms with Crippen molar-refractivity contribution in [3.05, 3.63) is 24.3 Å². The first-order chi connectivity index (χ1) is 9.69. The first kappa shape index (κ1) is 14.9. The topological polar surface area (TPSA) is 52.6 Å². The average Bonchev–Trinajstić information content (AvgIpc) is 2.38. The van der Waals surface area contributed by atoms with Crippen molar-refractivity contribution in [3.63, 3.8) is 0 Å². The van der Waals surface area contributed by atoms with E-state index in [2.05, 4.69) is 5.32 Å². The van der Waals surface area contributed by atoms with Crippen molar-refractivity contribution in [2.75, 3.05) is 30.4 Å². The fourth-order valence-electron chi connectivity index (χ4n) is 2.42. The number of carbonyl (C=O) groups is 1. The fraction of sp³-hybridized carbons (Fsp3) is 0.562. The molecule has 1 aliphatic carbocycles. The molecule has 0 aliphatic heterocycles. The van der Waals surface area contributed by atoms with E-state index in [0.29, 0.717) is 13.0 Å². The van der Waals surface area contributed by atoms with Crippen LogP contribution in [0.5, 0.6) is 0 Å². The molecule has 0 aromatic heterocycles. The largest absolute Gasteiger partial charge is 0.395 e. The van der Waals surface area contributed by atoms with Crippen LogP contribution < -0.4 is 10.2 Å². The van der Waals surface area contributed by atoms with Gasteiger partial charge in [-0.1, -0.05) is 19.3 Å². The number of aliphatic hydroxyl groups excluding tert-OH is 1. The Hall–Kier alpha value is -1.55. The lowest BCUT2D eigenvalue weighted by atomic mass is 9.82. The molecule has 4 heteroatoms. The first-order valence-corrected chi connectivity index (χ1v) is 7.41. The number of nitrogens with zero attached hydrogens (tertiary/aromatic N) is 1. The molecule has 1 aliphatic rings. The second-order valence-electron chi connectivity index (χ2n) is 5.58. The van der Waals surface area contributed by atoms with Gasteiger partial charge in [0.25, 0.3) is 0 Å². The van der Waals surface area contributed by atoms with Gasteiger partial charge in [0.05, 0.1) is 6.61 Å². The van der Waals surface area contributed by atoms with Crippen LogP contribution in [-0.4, -0.2) is 31.2 Å². The Labute approximate surface area is 120 Å². The van der Waals surface area contributed by atoms with Crippen LogP contribution in [0.1, 0.15) is 32.1 Å². The number of benzene rings is 1. The van der Waals surface area contributed by atoms with E-state index in [0.717, 1.165) is 23.7 Å². The van der Waals surface area contributed by atoms with Crippen LogP contribution in [-0.2, 0) is 4.79 Å². The minimum Gasteiger partial charge on any atom is -0.395 e. The van der Waals surface area contributed by atoms with E-state index in [1.54, 1.807) is 0 Å². The average molecular weight is 276 g/mol. The number of rotatable bonds is 7. The summed E-state index contributed by atoms with van der Waals surface area (Å²) >= 11 is 0. The molecule has 0 bridgehead atoms. The van der Waals surface area contributed by atoms with Crippen molar-refractivity contribution >= 4 is 17.3 Å². The molecule has 1 aromatic carbocycles. The van der Waals surface area contributed by atoms with Crippen LogP contribution in [0.2, 0.25) is 0 Å². The number of amides is 1. The zero-order valence-corrected chi connectivity index (χ0v) is 12.1. The zero-order valence-electron chi connectivity index (χ0n) is 12.1. The molecule has 20 heavy (non-hydrogen) atoms. The lowest BCUT2D eigenvalue weighted by molar-refractivity contribution is -0.116. The maximum atomic E-state index is 11.8. The van der Waals surface area contributed by atoms with Crippen LogP contribution in [0.4, 0.5) is 11.4 Å². The number of carbonyl (C=O) groups excluding carboxylic acids is 1. The number of hydrogen-bond acceptors (Lipinski definition) is 3. The van der Waals surface area contributed by atoms with Crippen molar-refractivity contribution in [1.82, 2.24) is 0 Å². The van der Waals surface area contributed by atoms with Crippen molar-refractivity contribution in [1.29, 1.82) is 0 Å². The van der Waals surface area contributed by atoms with Gasteiger partial charge in [-0.3, -0.25) is 4.79 Å². The molecule has 4 nitrogen and oxygen atoms in total. The van der Waals surface area contributed by atoms with Gasteiger partial charge in [0, 0.05) is 31.4 Å². The Morgan fingerprint density at radius 3 is 2.60 bits per heavy atom. The van der Waals surface area contributed by atoms with E-state index < -0.39 is 0 Å². The number of hydrogen-bond donors (Lipinski definition) is 2. The van der Waals surface area contributed by atoms with E-state index >= 15 is 0 Å². The molecular formula is C16H24N2O2. The number of anilines is 2. The minimum atomic E-state index is 0.105. The van der Waals surface area contributed by atoms with Crippen LogP contribution >= 0.6 is 0 Å².